The Morgan fingerprint density at radius 2 is 1.20 bits per heavy atom. The number of carbonyl (C=O) groups is 2. The molecule has 0 radical (unpaired) electrons. The van der Waals surface area contributed by atoms with Crippen LogP contribution in [0, 0.1) is 0 Å². The molecule has 1 rings (SSSR count). The van der Waals surface area contributed by atoms with E-state index in [9.17, 15) is 9.59 Å². The molecule has 2 N–H and O–H groups in total. The number of carbonyl (C=O) groups excluding carboxylic acids is 2. The van der Waals surface area contributed by atoms with E-state index in [1.54, 1.807) is 0 Å². The van der Waals surface area contributed by atoms with E-state index in [2.05, 4.69) is 10.6 Å². The number of hydrogen-bond donors (Lipinski definition) is 2. The molecule has 1 fully saturated rings. The first-order valence-electron chi connectivity index (χ1n) is 2.37. The van der Waals surface area contributed by atoms with Crippen LogP contribution in [0.2, 0.25) is 0 Å². The van der Waals surface area contributed by atoms with E-state index >= 15 is 0 Å². The Balaban J connectivity index is 0. The predicted octanol–water partition coefficient (Wildman–Crippen LogP) is -0.924. The molecular weight excluding hydrogens is 179 g/mol. The van der Waals surface area contributed by atoms with Crippen LogP contribution in [-0.2, 0) is 9.59 Å². The maximum atomic E-state index is 10.3. The third-order valence-corrected chi connectivity index (χ3v) is 0.902. The highest BCUT2D eigenvalue weighted by molar-refractivity contribution is 6.35. The molecule has 0 aromatic rings. The maximum Gasteiger partial charge on any atom is 0.309 e. The summed E-state index contributed by atoms with van der Waals surface area (Å²) in [6.07, 6.45) is 0. The van der Waals surface area contributed by atoms with E-state index in [0.29, 0.717) is 13.1 Å². The van der Waals surface area contributed by atoms with Gasteiger partial charge in [-0.05, 0) is 0 Å². The molecule has 1 aliphatic rings. The smallest absolute Gasteiger partial charge is 0.309 e. The summed E-state index contributed by atoms with van der Waals surface area (Å²) in [6, 6.07) is 0. The van der Waals surface area contributed by atoms with Crippen molar-refractivity contribution in [2.75, 3.05) is 13.1 Å². The van der Waals surface area contributed by atoms with Gasteiger partial charge in [-0.1, -0.05) is 0 Å². The van der Waals surface area contributed by atoms with E-state index in [1.165, 1.54) is 0 Å². The van der Waals surface area contributed by atoms with Gasteiger partial charge in [-0.15, -0.1) is 24.8 Å². The predicted molar refractivity (Wildman–Crippen MR) is 40.5 cm³/mol. The summed E-state index contributed by atoms with van der Waals surface area (Å²) in [5, 5.41) is 4.76. The van der Waals surface area contributed by atoms with Crippen molar-refractivity contribution in [3.05, 3.63) is 0 Å². The van der Waals surface area contributed by atoms with Crippen molar-refractivity contribution in [3.8, 4) is 0 Å². The zero-order chi connectivity index (χ0) is 5.98. The topological polar surface area (TPSA) is 58.2 Å². The Labute approximate surface area is 70.6 Å². The number of piperazine rings is 1. The normalized spacial score (nSPS) is 15.6. The van der Waals surface area contributed by atoms with E-state index in [4.69, 9.17) is 0 Å². The first-order chi connectivity index (χ1) is 3.80. The number of hydrogen-bond acceptors (Lipinski definition) is 2. The van der Waals surface area contributed by atoms with E-state index < -0.39 is 11.8 Å². The standard InChI is InChI=1S/C4H6N2O2.2ClH/c7-3-4(8)6-2-1-5-3;;/h1-2H2,(H,5,7)(H,6,8);2*1H. The van der Waals surface area contributed by atoms with Gasteiger partial charge in [-0.25, -0.2) is 0 Å². The molecule has 0 unspecified atom stereocenters. The SMILES string of the molecule is Cl.Cl.O=C1NCCNC1=O. The van der Waals surface area contributed by atoms with Gasteiger partial charge in [-0.2, -0.15) is 0 Å². The molecule has 0 saturated carbocycles. The van der Waals surface area contributed by atoms with Crippen LogP contribution in [0.1, 0.15) is 0 Å². The van der Waals surface area contributed by atoms with Crippen molar-refractivity contribution in [2.24, 2.45) is 0 Å². The lowest BCUT2D eigenvalue weighted by molar-refractivity contribution is -0.140. The Kier molecular flexibility index (Phi) is 6.50. The fourth-order valence-corrected chi connectivity index (χ4v) is 0.513. The summed E-state index contributed by atoms with van der Waals surface area (Å²) in [4.78, 5) is 20.5. The maximum absolute atomic E-state index is 10.3. The van der Waals surface area contributed by atoms with Crippen molar-refractivity contribution >= 4 is 36.6 Å². The summed E-state index contributed by atoms with van der Waals surface area (Å²) >= 11 is 0. The van der Waals surface area contributed by atoms with Gasteiger partial charge in [0.05, 0.1) is 0 Å². The highest BCUT2D eigenvalue weighted by Crippen LogP contribution is 1.73. The lowest BCUT2D eigenvalue weighted by atomic mass is 10.4. The van der Waals surface area contributed by atoms with Crippen molar-refractivity contribution in [3.63, 3.8) is 0 Å². The minimum atomic E-state index is -0.531. The quantitative estimate of drug-likeness (QED) is 0.481. The van der Waals surface area contributed by atoms with Gasteiger partial charge in [-0.3, -0.25) is 9.59 Å². The minimum Gasteiger partial charge on any atom is -0.346 e. The second-order valence-electron chi connectivity index (χ2n) is 1.51. The Hall–Kier alpha value is -0.480. The van der Waals surface area contributed by atoms with Gasteiger partial charge < -0.3 is 10.6 Å². The Morgan fingerprint density at radius 3 is 1.40 bits per heavy atom. The molecule has 0 aromatic carbocycles. The van der Waals surface area contributed by atoms with E-state index in [0.717, 1.165) is 0 Å². The Bertz CT molecular complexity index is 123. The molecule has 0 bridgehead atoms. The van der Waals surface area contributed by atoms with Crippen LogP contribution >= 0.6 is 24.8 Å². The average molecular weight is 187 g/mol. The second kappa shape index (κ2) is 5.32. The van der Waals surface area contributed by atoms with E-state index in [-0.39, 0.29) is 24.8 Å². The number of halogens is 2. The van der Waals surface area contributed by atoms with Gasteiger partial charge in [0.25, 0.3) is 0 Å². The number of amides is 2. The minimum absolute atomic E-state index is 0. The van der Waals surface area contributed by atoms with E-state index in [1.807, 2.05) is 0 Å². The molecule has 1 saturated heterocycles. The lowest BCUT2D eigenvalue weighted by Gasteiger charge is -2.10. The average Bonchev–Trinajstić information content (AvgIpc) is 1.77. The van der Waals surface area contributed by atoms with Crippen LogP contribution in [0.4, 0.5) is 0 Å². The third-order valence-electron chi connectivity index (χ3n) is 0.902. The van der Waals surface area contributed by atoms with Gasteiger partial charge in [0, 0.05) is 13.1 Å². The van der Waals surface area contributed by atoms with Crippen molar-refractivity contribution in [1.82, 2.24) is 10.6 Å². The highest BCUT2D eigenvalue weighted by Gasteiger charge is 2.15. The van der Waals surface area contributed by atoms with Crippen LogP contribution in [0.15, 0.2) is 0 Å². The first kappa shape index (κ1) is 12.2. The number of rotatable bonds is 0. The van der Waals surface area contributed by atoms with Gasteiger partial charge in [0.15, 0.2) is 0 Å². The van der Waals surface area contributed by atoms with Gasteiger partial charge in [0.2, 0.25) is 0 Å². The molecule has 2 amide bonds. The largest absolute Gasteiger partial charge is 0.346 e. The summed E-state index contributed by atoms with van der Waals surface area (Å²) < 4.78 is 0. The van der Waals surface area contributed by atoms with Crippen molar-refractivity contribution in [2.45, 2.75) is 0 Å². The first-order valence-corrected chi connectivity index (χ1v) is 2.37. The third kappa shape index (κ3) is 2.89. The zero-order valence-corrected chi connectivity index (χ0v) is 6.68. The van der Waals surface area contributed by atoms with Crippen molar-refractivity contribution in [1.29, 1.82) is 0 Å². The monoisotopic (exact) mass is 186 g/mol. The zero-order valence-electron chi connectivity index (χ0n) is 5.05. The van der Waals surface area contributed by atoms with Crippen LogP contribution in [0.25, 0.3) is 0 Å². The molecule has 0 aromatic heterocycles. The summed E-state index contributed by atoms with van der Waals surface area (Å²) in [5.41, 5.74) is 0. The number of nitrogens with one attached hydrogen (secondary N) is 2. The molecule has 4 nitrogen and oxygen atoms in total. The molecule has 1 heterocycles. The highest BCUT2D eigenvalue weighted by atomic mass is 35.5. The molecular formula is C4H8Cl2N2O2. The molecule has 1 aliphatic heterocycles. The summed E-state index contributed by atoms with van der Waals surface area (Å²) in [6.45, 7) is 1.09. The van der Waals surface area contributed by atoms with Gasteiger partial charge in [0.1, 0.15) is 0 Å². The van der Waals surface area contributed by atoms with Crippen LogP contribution in [0.5, 0.6) is 0 Å². The Morgan fingerprint density at radius 1 is 0.900 bits per heavy atom. The lowest BCUT2D eigenvalue weighted by Crippen LogP contribution is -2.49. The molecule has 6 heteroatoms. The second-order valence-corrected chi connectivity index (χ2v) is 1.51. The summed E-state index contributed by atoms with van der Waals surface area (Å²) in [5.74, 6) is -1.06. The van der Waals surface area contributed by atoms with Crippen molar-refractivity contribution < 1.29 is 9.59 Å². The molecule has 10 heavy (non-hydrogen) atoms. The van der Waals surface area contributed by atoms with Crippen LogP contribution in [-0.4, -0.2) is 24.9 Å². The molecule has 0 aliphatic carbocycles. The fourth-order valence-electron chi connectivity index (χ4n) is 0.513. The fraction of sp³-hybridized carbons (Fsp3) is 0.500. The molecule has 60 valence electrons. The molecule has 0 atom stereocenters. The summed E-state index contributed by atoms with van der Waals surface area (Å²) in [7, 11) is 0. The molecule has 0 spiro atoms. The van der Waals surface area contributed by atoms with Gasteiger partial charge >= 0.3 is 11.8 Å². The van der Waals surface area contributed by atoms with Crippen LogP contribution in [0.3, 0.4) is 0 Å². The van der Waals surface area contributed by atoms with Crippen LogP contribution < -0.4 is 10.6 Å².